The van der Waals surface area contributed by atoms with Gasteiger partial charge < -0.3 is 15.0 Å². The normalized spacial score (nSPS) is 29.2. The predicted molar refractivity (Wildman–Crippen MR) is 93.2 cm³/mol. The second kappa shape index (κ2) is 7.41. The minimum Gasteiger partial charge on any atom is -0.374 e. The Bertz CT molecular complexity index is 615. The molecule has 3 aliphatic rings. The van der Waals surface area contributed by atoms with Crippen LogP contribution in [0.5, 0.6) is 0 Å². The van der Waals surface area contributed by atoms with E-state index in [1.165, 1.54) is 12.8 Å². The maximum Gasteiger partial charge on any atom is 0.236 e. The lowest BCUT2D eigenvalue weighted by atomic mass is 9.90. The molecule has 3 heterocycles. The highest BCUT2D eigenvalue weighted by molar-refractivity contribution is 5.78. The molecule has 0 aromatic carbocycles. The fraction of sp³-hybridized carbons (Fsp3) is 0.833. The highest BCUT2D eigenvalue weighted by Crippen LogP contribution is 2.28. The summed E-state index contributed by atoms with van der Waals surface area (Å²) in [7, 11) is 0. The minimum absolute atomic E-state index is 0.221. The Hall–Kier alpha value is -1.47. The van der Waals surface area contributed by atoms with Gasteiger partial charge in [0.2, 0.25) is 5.91 Å². The third-order valence-electron chi connectivity index (χ3n) is 5.81. The number of nitrogens with one attached hydrogen (secondary N) is 1. The molecule has 0 unspecified atom stereocenters. The molecule has 138 valence electrons. The molecule has 0 spiro atoms. The van der Waals surface area contributed by atoms with Crippen LogP contribution in [0.25, 0.3) is 0 Å². The first kappa shape index (κ1) is 17.0. The molecule has 3 atom stereocenters. The Morgan fingerprint density at radius 2 is 2.20 bits per heavy atom. The first-order chi connectivity index (χ1) is 12.2. The van der Waals surface area contributed by atoms with Gasteiger partial charge in [-0.05, 0) is 19.3 Å². The van der Waals surface area contributed by atoms with Gasteiger partial charge in [0.1, 0.15) is 5.82 Å². The molecule has 1 aliphatic carbocycles. The Kier molecular flexibility index (Phi) is 5.03. The fourth-order valence-corrected chi connectivity index (χ4v) is 4.42. The van der Waals surface area contributed by atoms with E-state index in [2.05, 4.69) is 27.2 Å². The summed E-state index contributed by atoms with van der Waals surface area (Å²) in [5, 5.41) is 8.01. The molecule has 1 amide bonds. The van der Waals surface area contributed by atoms with Crippen LogP contribution < -0.4 is 5.32 Å². The number of aromatic nitrogens is 3. The molecule has 2 aliphatic heterocycles. The zero-order valence-corrected chi connectivity index (χ0v) is 15.1. The smallest absolute Gasteiger partial charge is 0.236 e. The van der Waals surface area contributed by atoms with Crippen LogP contribution in [0.2, 0.25) is 0 Å². The van der Waals surface area contributed by atoms with Crippen molar-refractivity contribution in [1.29, 1.82) is 0 Å². The largest absolute Gasteiger partial charge is 0.374 e. The van der Waals surface area contributed by atoms with Gasteiger partial charge >= 0.3 is 0 Å². The van der Waals surface area contributed by atoms with E-state index in [4.69, 9.17) is 4.74 Å². The number of ether oxygens (including phenoxy) is 1. The van der Waals surface area contributed by atoms with Crippen LogP contribution in [0.3, 0.4) is 0 Å². The summed E-state index contributed by atoms with van der Waals surface area (Å²) < 4.78 is 7.89. The fourth-order valence-electron chi connectivity index (χ4n) is 4.42. The molecular formula is C18H29N5O2. The summed E-state index contributed by atoms with van der Waals surface area (Å²) in [6.07, 6.45) is 7.69. The molecule has 1 N–H and O–H groups in total. The van der Waals surface area contributed by atoms with Gasteiger partial charge in [-0.1, -0.05) is 19.8 Å². The number of nitrogens with zero attached hydrogens (tertiary/aromatic N) is 4. The SMILES string of the molecule is CCc1nc2n(n1)C[C@H](NCC(=O)N1CCO[C@H]3CCCC[C@H]31)CC2. The van der Waals surface area contributed by atoms with E-state index in [1.807, 2.05) is 4.68 Å². The Labute approximate surface area is 149 Å². The lowest BCUT2D eigenvalue weighted by Crippen LogP contribution is -2.57. The molecule has 1 saturated heterocycles. The average molecular weight is 347 g/mol. The van der Waals surface area contributed by atoms with Gasteiger partial charge in [0.25, 0.3) is 0 Å². The molecule has 25 heavy (non-hydrogen) atoms. The average Bonchev–Trinajstić information content (AvgIpc) is 3.08. The Morgan fingerprint density at radius 1 is 1.32 bits per heavy atom. The van der Waals surface area contributed by atoms with Crippen molar-refractivity contribution in [3.8, 4) is 0 Å². The van der Waals surface area contributed by atoms with Crippen molar-refractivity contribution in [3.63, 3.8) is 0 Å². The number of hydrogen-bond acceptors (Lipinski definition) is 5. The van der Waals surface area contributed by atoms with Crippen molar-refractivity contribution < 1.29 is 9.53 Å². The third kappa shape index (κ3) is 3.58. The van der Waals surface area contributed by atoms with Crippen LogP contribution in [0.4, 0.5) is 0 Å². The highest BCUT2D eigenvalue weighted by atomic mass is 16.5. The molecule has 1 aromatic rings. The molecule has 0 bridgehead atoms. The molecule has 7 nitrogen and oxygen atoms in total. The van der Waals surface area contributed by atoms with E-state index in [-0.39, 0.29) is 18.1 Å². The van der Waals surface area contributed by atoms with Gasteiger partial charge in [-0.15, -0.1) is 0 Å². The van der Waals surface area contributed by atoms with Gasteiger partial charge in [-0.25, -0.2) is 9.67 Å². The zero-order valence-electron chi connectivity index (χ0n) is 15.1. The molecular weight excluding hydrogens is 318 g/mol. The van der Waals surface area contributed by atoms with Crippen LogP contribution in [-0.2, 0) is 28.9 Å². The third-order valence-corrected chi connectivity index (χ3v) is 5.81. The maximum atomic E-state index is 12.8. The van der Waals surface area contributed by atoms with Crippen LogP contribution >= 0.6 is 0 Å². The van der Waals surface area contributed by atoms with Gasteiger partial charge in [0.15, 0.2) is 5.82 Å². The minimum atomic E-state index is 0.221. The van der Waals surface area contributed by atoms with E-state index in [0.29, 0.717) is 19.2 Å². The lowest BCUT2D eigenvalue weighted by molar-refractivity contribution is -0.148. The lowest BCUT2D eigenvalue weighted by Gasteiger charge is -2.44. The van der Waals surface area contributed by atoms with Crippen molar-refractivity contribution in [2.45, 2.75) is 76.6 Å². The first-order valence-corrected chi connectivity index (χ1v) is 9.81. The maximum absolute atomic E-state index is 12.8. The standard InChI is InChI=1S/C18H29N5O2/c1-2-16-20-17-8-7-13(12-23(17)21-16)19-11-18(24)22-9-10-25-15-6-4-3-5-14(15)22/h13-15,19H,2-12H2,1H3/t13-,14-,15+/m1/s1. The van der Waals surface area contributed by atoms with Crippen LogP contribution in [0.15, 0.2) is 0 Å². The number of amides is 1. The van der Waals surface area contributed by atoms with Gasteiger partial charge in [0.05, 0.1) is 31.8 Å². The van der Waals surface area contributed by atoms with Crippen molar-refractivity contribution in [3.05, 3.63) is 11.6 Å². The quantitative estimate of drug-likeness (QED) is 0.877. The Balaban J connectivity index is 1.31. The summed E-state index contributed by atoms with van der Waals surface area (Å²) in [5.41, 5.74) is 0. The van der Waals surface area contributed by atoms with Crippen LogP contribution in [-0.4, -0.2) is 63.5 Å². The van der Waals surface area contributed by atoms with Crippen molar-refractivity contribution in [2.24, 2.45) is 0 Å². The summed E-state index contributed by atoms with van der Waals surface area (Å²) in [4.78, 5) is 19.4. The first-order valence-electron chi connectivity index (χ1n) is 9.81. The molecule has 4 rings (SSSR count). The Morgan fingerprint density at radius 3 is 3.08 bits per heavy atom. The van der Waals surface area contributed by atoms with Gasteiger partial charge in [0, 0.05) is 25.4 Å². The topological polar surface area (TPSA) is 72.3 Å². The van der Waals surface area contributed by atoms with Crippen molar-refractivity contribution >= 4 is 5.91 Å². The van der Waals surface area contributed by atoms with Crippen LogP contribution in [0.1, 0.15) is 50.7 Å². The summed E-state index contributed by atoms with van der Waals surface area (Å²) in [5.74, 6) is 2.22. The second-order valence-electron chi connectivity index (χ2n) is 7.44. The molecule has 1 aromatic heterocycles. The zero-order chi connectivity index (χ0) is 17.2. The summed E-state index contributed by atoms with van der Waals surface area (Å²) in [6.45, 7) is 4.72. The number of carbonyl (C=O) groups excluding carboxylic acids is 1. The number of morpholine rings is 1. The van der Waals surface area contributed by atoms with Gasteiger partial charge in [-0.3, -0.25) is 4.79 Å². The van der Waals surface area contributed by atoms with Crippen molar-refractivity contribution in [2.75, 3.05) is 19.7 Å². The van der Waals surface area contributed by atoms with E-state index in [1.54, 1.807) is 0 Å². The molecule has 0 radical (unpaired) electrons. The van der Waals surface area contributed by atoms with Crippen LogP contribution in [0, 0.1) is 0 Å². The number of rotatable bonds is 4. The van der Waals surface area contributed by atoms with E-state index in [9.17, 15) is 4.79 Å². The highest BCUT2D eigenvalue weighted by Gasteiger charge is 2.36. The molecule has 2 fully saturated rings. The number of hydrogen-bond donors (Lipinski definition) is 1. The number of fused-ring (bicyclic) bond motifs is 2. The second-order valence-corrected chi connectivity index (χ2v) is 7.44. The number of aryl methyl sites for hydroxylation is 2. The number of carbonyl (C=O) groups is 1. The molecule has 7 heteroatoms. The summed E-state index contributed by atoms with van der Waals surface area (Å²) >= 11 is 0. The van der Waals surface area contributed by atoms with E-state index >= 15 is 0 Å². The van der Waals surface area contributed by atoms with E-state index in [0.717, 1.165) is 56.8 Å². The van der Waals surface area contributed by atoms with E-state index < -0.39 is 0 Å². The molecule has 1 saturated carbocycles. The monoisotopic (exact) mass is 347 g/mol. The van der Waals surface area contributed by atoms with Gasteiger partial charge in [-0.2, -0.15) is 5.10 Å². The predicted octanol–water partition coefficient (Wildman–Crippen LogP) is 0.915. The van der Waals surface area contributed by atoms with Crippen molar-refractivity contribution in [1.82, 2.24) is 25.0 Å². The summed E-state index contributed by atoms with van der Waals surface area (Å²) in [6, 6.07) is 0.586.